The highest BCUT2D eigenvalue weighted by atomic mass is 16.6. The monoisotopic (exact) mass is 596 g/mol. The predicted molar refractivity (Wildman–Crippen MR) is 153 cm³/mol. The van der Waals surface area contributed by atoms with E-state index in [0.717, 1.165) is 0 Å². The minimum Gasteiger partial charge on any atom is -0.493 e. The highest BCUT2D eigenvalue weighted by Gasteiger charge is 2.13. The van der Waals surface area contributed by atoms with Crippen LogP contribution >= 0.6 is 0 Å². The Hall–Kier alpha value is -5.26. The molecule has 0 aliphatic heterocycles. The number of carboxylic acid groups (broad SMARTS) is 2. The van der Waals surface area contributed by atoms with Crippen LogP contribution in [0.15, 0.2) is 48.6 Å². The van der Waals surface area contributed by atoms with Gasteiger partial charge in [0.05, 0.1) is 20.6 Å². The Kier molecular flexibility index (Phi) is 13.8. The van der Waals surface area contributed by atoms with E-state index in [2.05, 4.69) is 0 Å². The van der Waals surface area contributed by atoms with Crippen molar-refractivity contribution in [3.63, 3.8) is 0 Å². The standard InChI is InChI=1S/C31H32O12/c1-40-26-17-20(11-15-24(26)42-30(38)7-3-5-28(34)35)9-13-22(32)19-23(33)14-10-21-12-16-25(27(18-21)41-2)43-31(39)8-4-6-29(36)37/h9-18H,3-8,19H2,1-2H3,(H,34,35)(H,36,37). The van der Waals surface area contributed by atoms with Crippen LogP contribution in [0.2, 0.25) is 0 Å². The largest absolute Gasteiger partial charge is 0.493 e. The van der Waals surface area contributed by atoms with Crippen LogP contribution < -0.4 is 18.9 Å². The van der Waals surface area contributed by atoms with Gasteiger partial charge in [0.1, 0.15) is 0 Å². The summed E-state index contributed by atoms with van der Waals surface area (Å²) in [5, 5.41) is 17.3. The van der Waals surface area contributed by atoms with Crippen molar-refractivity contribution in [3.8, 4) is 23.0 Å². The molecule has 0 amide bonds. The molecule has 2 rings (SSSR count). The first-order chi connectivity index (χ1) is 20.5. The second-order valence-electron chi connectivity index (χ2n) is 9.04. The van der Waals surface area contributed by atoms with Gasteiger partial charge in [-0.1, -0.05) is 24.3 Å². The maximum Gasteiger partial charge on any atom is 0.311 e. The molecular formula is C31H32O12. The number of hydrogen-bond acceptors (Lipinski definition) is 10. The first-order valence-corrected chi connectivity index (χ1v) is 13.1. The van der Waals surface area contributed by atoms with Gasteiger partial charge in [0, 0.05) is 25.7 Å². The summed E-state index contributed by atoms with van der Waals surface area (Å²) in [6, 6.07) is 9.19. The molecular weight excluding hydrogens is 564 g/mol. The zero-order valence-electron chi connectivity index (χ0n) is 23.7. The third-order valence-electron chi connectivity index (χ3n) is 5.64. The zero-order valence-corrected chi connectivity index (χ0v) is 23.7. The lowest BCUT2D eigenvalue weighted by Gasteiger charge is -2.10. The molecule has 0 aliphatic carbocycles. The molecule has 0 saturated heterocycles. The Morgan fingerprint density at radius 2 is 1.00 bits per heavy atom. The first kappa shape index (κ1) is 33.9. The van der Waals surface area contributed by atoms with Crippen LogP contribution in [0.4, 0.5) is 0 Å². The number of ether oxygens (including phenoxy) is 4. The van der Waals surface area contributed by atoms with E-state index in [1.165, 1.54) is 62.8 Å². The molecule has 0 aliphatic rings. The van der Waals surface area contributed by atoms with Gasteiger partial charge in [0.15, 0.2) is 34.6 Å². The number of esters is 2. The van der Waals surface area contributed by atoms with E-state index in [4.69, 9.17) is 29.2 Å². The van der Waals surface area contributed by atoms with E-state index in [0.29, 0.717) is 11.1 Å². The van der Waals surface area contributed by atoms with Gasteiger partial charge in [-0.15, -0.1) is 0 Å². The second-order valence-corrected chi connectivity index (χ2v) is 9.04. The van der Waals surface area contributed by atoms with Crippen LogP contribution in [0.1, 0.15) is 56.1 Å². The van der Waals surface area contributed by atoms with Crippen molar-refractivity contribution in [3.05, 3.63) is 59.7 Å². The Morgan fingerprint density at radius 3 is 1.35 bits per heavy atom. The number of ketones is 2. The van der Waals surface area contributed by atoms with E-state index < -0.39 is 35.4 Å². The first-order valence-electron chi connectivity index (χ1n) is 13.1. The fraction of sp³-hybridized carbons (Fsp3) is 0.290. The fourth-order valence-electron chi connectivity index (χ4n) is 3.53. The molecule has 0 heterocycles. The maximum absolute atomic E-state index is 12.3. The molecule has 0 atom stereocenters. The molecule has 0 unspecified atom stereocenters. The van der Waals surface area contributed by atoms with E-state index >= 15 is 0 Å². The average Bonchev–Trinajstić information content (AvgIpc) is 2.95. The molecule has 228 valence electrons. The number of hydrogen-bond donors (Lipinski definition) is 2. The molecule has 2 N–H and O–H groups in total. The number of methoxy groups -OCH3 is 2. The van der Waals surface area contributed by atoms with E-state index in [1.807, 2.05) is 0 Å². The van der Waals surface area contributed by atoms with Gasteiger partial charge < -0.3 is 29.2 Å². The molecule has 0 saturated carbocycles. The molecule has 43 heavy (non-hydrogen) atoms. The molecule has 2 aromatic rings. The smallest absolute Gasteiger partial charge is 0.311 e. The number of carbonyl (C=O) groups is 6. The van der Waals surface area contributed by atoms with Crippen molar-refractivity contribution in [1.29, 1.82) is 0 Å². The Morgan fingerprint density at radius 1 is 0.605 bits per heavy atom. The Balaban J connectivity index is 1.93. The fourth-order valence-corrected chi connectivity index (χ4v) is 3.53. The lowest BCUT2D eigenvalue weighted by atomic mass is 10.1. The van der Waals surface area contributed by atoms with Gasteiger partial charge in [-0.3, -0.25) is 28.8 Å². The SMILES string of the molecule is COc1cc(C=CC(=O)CC(=O)C=Cc2ccc(OC(=O)CCCC(=O)O)c(OC)c2)ccc1OC(=O)CCCC(=O)O. The summed E-state index contributed by atoms with van der Waals surface area (Å²) in [5.41, 5.74) is 1.10. The zero-order chi connectivity index (χ0) is 31.8. The summed E-state index contributed by atoms with van der Waals surface area (Å²) < 4.78 is 20.9. The second kappa shape index (κ2) is 17.5. The van der Waals surface area contributed by atoms with Crippen LogP contribution in [-0.2, 0) is 28.8 Å². The highest BCUT2D eigenvalue weighted by molar-refractivity contribution is 6.10. The van der Waals surface area contributed by atoms with Crippen LogP contribution in [0.25, 0.3) is 12.2 Å². The number of rotatable bonds is 18. The molecule has 0 aromatic heterocycles. The van der Waals surface area contributed by atoms with Gasteiger partial charge in [-0.25, -0.2) is 0 Å². The van der Waals surface area contributed by atoms with Crippen LogP contribution in [0, 0.1) is 0 Å². The van der Waals surface area contributed by atoms with Gasteiger partial charge in [0.25, 0.3) is 0 Å². The van der Waals surface area contributed by atoms with Crippen LogP contribution in [-0.4, -0.2) is 59.9 Å². The van der Waals surface area contributed by atoms with Crippen LogP contribution in [0.3, 0.4) is 0 Å². The summed E-state index contributed by atoms with van der Waals surface area (Å²) in [6.07, 6.45) is 4.89. The van der Waals surface area contributed by atoms with Crippen molar-refractivity contribution < 1.29 is 57.9 Å². The molecule has 0 fully saturated rings. The lowest BCUT2D eigenvalue weighted by molar-refractivity contribution is -0.139. The van der Waals surface area contributed by atoms with Gasteiger partial charge in [-0.05, 0) is 60.4 Å². The van der Waals surface area contributed by atoms with Crippen molar-refractivity contribution in [2.75, 3.05) is 14.2 Å². The highest BCUT2D eigenvalue weighted by Crippen LogP contribution is 2.30. The number of benzene rings is 2. The van der Waals surface area contributed by atoms with Crippen molar-refractivity contribution >= 4 is 47.6 Å². The van der Waals surface area contributed by atoms with Crippen molar-refractivity contribution in [2.45, 2.75) is 44.9 Å². The normalized spacial score (nSPS) is 10.8. The Labute approximate surface area is 247 Å². The molecule has 0 radical (unpaired) electrons. The van der Waals surface area contributed by atoms with Crippen molar-refractivity contribution in [1.82, 2.24) is 0 Å². The van der Waals surface area contributed by atoms with E-state index in [1.54, 1.807) is 12.1 Å². The third kappa shape index (κ3) is 12.9. The average molecular weight is 597 g/mol. The molecule has 2 aromatic carbocycles. The summed E-state index contributed by atoms with van der Waals surface area (Å²) in [6.45, 7) is 0. The topological polar surface area (TPSA) is 180 Å². The quantitative estimate of drug-likeness (QED) is 0.108. The number of carbonyl (C=O) groups excluding carboxylic acids is 4. The maximum atomic E-state index is 12.3. The van der Waals surface area contributed by atoms with Crippen molar-refractivity contribution in [2.24, 2.45) is 0 Å². The third-order valence-corrected chi connectivity index (χ3v) is 5.64. The molecule has 12 nitrogen and oxygen atoms in total. The summed E-state index contributed by atoms with van der Waals surface area (Å²) in [7, 11) is 2.75. The van der Waals surface area contributed by atoms with E-state index in [-0.39, 0.29) is 67.9 Å². The summed E-state index contributed by atoms with van der Waals surface area (Å²) in [4.78, 5) is 69.7. The van der Waals surface area contributed by atoms with Crippen LogP contribution in [0.5, 0.6) is 23.0 Å². The minimum absolute atomic E-state index is 0.0695. The number of allylic oxidation sites excluding steroid dienone is 2. The lowest BCUT2D eigenvalue weighted by Crippen LogP contribution is -2.09. The molecule has 0 spiro atoms. The predicted octanol–water partition coefficient (Wildman–Crippen LogP) is 4.28. The molecule has 12 heteroatoms. The Bertz CT molecular complexity index is 1300. The van der Waals surface area contributed by atoms with Gasteiger partial charge in [0.2, 0.25) is 0 Å². The summed E-state index contributed by atoms with van der Waals surface area (Å²) in [5.74, 6) is -3.38. The van der Waals surface area contributed by atoms with Gasteiger partial charge in [-0.2, -0.15) is 0 Å². The minimum atomic E-state index is -1.00. The summed E-state index contributed by atoms with van der Waals surface area (Å²) >= 11 is 0. The molecule has 0 bridgehead atoms. The number of aliphatic carboxylic acids is 2. The van der Waals surface area contributed by atoms with E-state index in [9.17, 15) is 28.8 Å². The number of carboxylic acids is 2. The van der Waals surface area contributed by atoms with Gasteiger partial charge >= 0.3 is 23.9 Å².